The van der Waals surface area contributed by atoms with Crippen LogP contribution in [0.5, 0.6) is 0 Å². The third-order valence-corrected chi connectivity index (χ3v) is 2.08. The number of sulfonamides is 1. The van der Waals surface area contributed by atoms with E-state index in [-0.39, 0.29) is 5.69 Å². The average molecular weight is 217 g/mol. The monoisotopic (exact) mass is 217 g/mol. The highest BCUT2D eigenvalue weighted by molar-refractivity contribution is 7.89. The smallest absolute Gasteiger partial charge is 0.358 e. The number of primary sulfonamides is 1. The van der Waals surface area contributed by atoms with Crippen molar-refractivity contribution in [2.45, 2.75) is 5.03 Å². The Morgan fingerprint density at radius 1 is 1.50 bits per heavy atom. The molecular formula is C6H7N3O4S. The number of hydrogen-bond acceptors (Lipinski definition) is 6. The number of carbonyl (C=O) groups is 1. The molecule has 14 heavy (non-hydrogen) atoms. The van der Waals surface area contributed by atoms with Crippen molar-refractivity contribution in [3.05, 3.63) is 18.1 Å². The molecule has 0 spiro atoms. The number of esters is 1. The predicted molar refractivity (Wildman–Crippen MR) is 44.7 cm³/mol. The van der Waals surface area contributed by atoms with Crippen molar-refractivity contribution in [3.8, 4) is 0 Å². The zero-order valence-corrected chi connectivity index (χ0v) is 7.98. The molecule has 1 aromatic heterocycles. The molecule has 2 N–H and O–H groups in total. The van der Waals surface area contributed by atoms with Gasteiger partial charge in [0.2, 0.25) is 0 Å². The first-order valence-electron chi connectivity index (χ1n) is 3.38. The molecule has 0 saturated heterocycles. The molecule has 0 aliphatic carbocycles. The van der Waals surface area contributed by atoms with Crippen molar-refractivity contribution in [3.63, 3.8) is 0 Å². The molecule has 8 heteroatoms. The summed E-state index contributed by atoms with van der Waals surface area (Å²) in [5.41, 5.74) is -0.209. The maximum Gasteiger partial charge on any atom is 0.358 e. The third kappa shape index (κ3) is 2.24. The SMILES string of the molecule is COC(=O)c1cncc(S(N)(=O)=O)n1. The lowest BCUT2D eigenvalue weighted by atomic mass is 10.5. The van der Waals surface area contributed by atoms with Gasteiger partial charge < -0.3 is 4.74 Å². The summed E-state index contributed by atoms with van der Waals surface area (Å²) >= 11 is 0. The van der Waals surface area contributed by atoms with Crippen LogP contribution in [0.4, 0.5) is 0 Å². The van der Waals surface area contributed by atoms with Crippen LogP contribution in [0.3, 0.4) is 0 Å². The van der Waals surface area contributed by atoms with Crippen molar-refractivity contribution in [1.29, 1.82) is 0 Å². The predicted octanol–water partition coefficient (Wildman–Crippen LogP) is -1.09. The topological polar surface area (TPSA) is 112 Å². The first kappa shape index (κ1) is 10.5. The highest BCUT2D eigenvalue weighted by Gasteiger charge is 2.14. The van der Waals surface area contributed by atoms with Crippen LogP contribution in [0, 0.1) is 0 Å². The van der Waals surface area contributed by atoms with Crippen molar-refractivity contribution in [2.75, 3.05) is 7.11 Å². The summed E-state index contributed by atoms with van der Waals surface area (Å²) in [6.45, 7) is 0. The van der Waals surface area contributed by atoms with Gasteiger partial charge in [0.25, 0.3) is 10.0 Å². The molecule has 0 amide bonds. The zero-order chi connectivity index (χ0) is 10.8. The molecule has 0 aliphatic rings. The van der Waals surface area contributed by atoms with E-state index in [1.807, 2.05) is 0 Å². The summed E-state index contributed by atoms with van der Waals surface area (Å²) in [5.74, 6) is -0.775. The summed E-state index contributed by atoms with van der Waals surface area (Å²) in [7, 11) is -2.80. The highest BCUT2D eigenvalue weighted by atomic mass is 32.2. The largest absolute Gasteiger partial charge is 0.464 e. The lowest BCUT2D eigenvalue weighted by Gasteiger charge is -1.99. The number of carbonyl (C=O) groups excluding carboxylic acids is 1. The van der Waals surface area contributed by atoms with Crippen molar-refractivity contribution in [1.82, 2.24) is 9.97 Å². The number of rotatable bonds is 2. The van der Waals surface area contributed by atoms with Crippen molar-refractivity contribution in [2.24, 2.45) is 5.14 Å². The number of ether oxygens (including phenoxy) is 1. The number of aromatic nitrogens is 2. The van der Waals surface area contributed by atoms with Gasteiger partial charge in [-0.15, -0.1) is 0 Å². The minimum atomic E-state index is -3.95. The van der Waals surface area contributed by atoms with Gasteiger partial charge in [0.15, 0.2) is 10.7 Å². The second-order valence-corrected chi connectivity index (χ2v) is 3.79. The molecule has 7 nitrogen and oxygen atoms in total. The minimum absolute atomic E-state index is 0.209. The van der Waals surface area contributed by atoms with E-state index >= 15 is 0 Å². The fourth-order valence-corrected chi connectivity index (χ4v) is 1.12. The average Bonchev–Trinajstić information content (AvgIpc) is 2.15. The molecule has 0 aliphatic heterocycles. The molecule has 0 bridgehead atoms. The Balaban J connectivity index is 3.21. The van der Waals surface area contributed by atoms with Gasteiger partial charge in [-0.25, -0.2) is 23.3 Å². The zero-order valence-electron chi connectivity index (χ0n) is 7.17. The fraction of sp³-hybridized carbons (Fsp3) is 0.167. The quantitative estimate of drug-likeness (QED) is 0.630. The Kier molecular flexibility index (Phi) is 2.77. The van der Waals surface area contributed by atoms with Gasteiger partial charge in [-0.3, -0.25) is 4.98 Å². The van der Waals surface area contributed by atoms with E-state index in [1.54, 1.807) is 0 Å². The standard InChI is InChI=1S/C6H7N3O4S/c1-13-6(10)4-2-8-3-5(9-4)14(7,11)12/h2-3H,1H3,(H2,7,11,12). The lowest BCUT2D eigenvalue weighted by molar-refractivity contribution is 0.0592. The van der Waals surface area contributed by atoms with Gasteiger partial charge in [-0.2, -0.15) is 0 Å². The van der Waals surface area contributed by atoms with Crippen LogP contribution in [0.15, 0.2) is 17.4 Å². The number of hydrogen-bond donors (Lipinski definition) is 1. The number of nitrogens with zero attached hydrogens (tertiary/aromatic N) is 2. The summed E-state index contributed by atoms with van der Waals surface area (Å²) in [4.78, 5) is 17.9. The first-order chi connectivity index (χ1) is 6.45. The van der Waals surface area contributed by atoms with Crippen molar-refractivity contribution >= 4 is 16.0 Å². The van der Waals surface area contributed by atoms with Crippen LogP contribution < -0.4 is 5.14 Å². The maximum absolute atomic E-state index is 10.9. The van der Waals surface area contributed by atoms with Gasteiger partial charge in [0.1, 0.15) is 0 Å². The molecule has 0 aromatic carbocycles. The van der Waals surface area contributed by atoms with E-state index in [9.17, 15) is 13.2 Å². The van der Waals surface area contributed by atoms with Gasteiger partial charge in [0.05, 0.1) is 19.5 Å². The van der Waals surface area contributed by atoms with Crippen LogP contribution in [0.25, 0.3) is 0 Å². The molecule has 1 aromatic rings. The lowest BCUT2D eigenvalue weighted by Crippen LogP contribution is -2.16. The molecule has 1 rings (SSSR count). The van der Waals surface area contributed by atoms with Gasteiger partial charge in [0, 0.05) is 0 Å². The third-order valence-electron chi connectivity index (χ3n) is 1.30. The Morgan fingerprint density at radius 3 is 2.64 bits per heavy atom. The van der Waals surface area contributed by atoms with Crippen molar-refractivity contribution < 1.29 is 17.9 Å². The van der Waals surface area contributed by atoms with Crippen LogP contribution in [-0.2, 0) is 14.8 Å². The summed E-state index contributed by atoms with van der Waals surface area (Å²) in [5, 5.41) is 4.31. The Morgan fingerprint density at radius 2 is 2.14 bits per heavy atom. The van der Waals surface area contributed by atoms with Crippen LogP contribution in [-0.4, -0.2) is 31.5 Å². The molecular weight excluding hydrogens is 210 g/mol. The Labute approximate surface area is 80.0 Å². The number of methoxy groups -OCH3 is 1. The number of nitrogens with two attached hydrogens (primary N) is 1. The van der Waals surface area contributed by atoms with E-state index in [2.05, 4.69) is 14.7 Å². The van der Waals surface area contributed by atoms with E-state index in [0.717, 1.165) is 19.5 Å². The minimum Gasteiger partial charge on any atom is -0.464 e. The second-order valence-electron chi connectivity index (χ2n) is 2.28. The van der Waals surface area contributed by atoms with E-state index < -0.39 is 21.0 Å². The van der Waals surface area contributed by atoms with Gasteiger partial charge in [-0.1, -0.05) is 0 Å². The fourth-order valence-electron chi connectivity index (χ4n) is 0.688. The summed E-state index contributed by atoms with van der Waals surface area (Å²) in [6, 6.07) is 0. The van der Waals surface area contributed by atoms with E-state index in [1.165, 1.54) is 0 Å². The first-order valence-corrected chi connectivity index (χ1v) is 4.93. The molecule has 0 fully saturated rings. The van der Waals surface area contributed by atoms with Crippen LogP contribution in [0.2, 0.25) is 0 Å². The Bertz CT molecular complexity index is 456. The summed E-state index contributed by atoms with van der Waals surface area (Å²) in [6.07, 6.45) is 2.03. The molecule has 0 saturated carbocycles. The van der Waals surface area contributed by atoms with Crippen LogP contribution in [0.1, 0.15) is 10.5 Å². The second kappa shape index (κ2) is 3.68. The highest BCUT2D eigenvalue weighted by Crippen LogP contribution is 2.02. The van der Waals surface area contributed by atoms with E-state index in [0.29, 0.717) is 0 Å². The molecule has 0 unspecified atom stereocenters. The Hall–Kier alpha value is -1.54. The maximum atomic E-state index is 10.9. The van der Waals surface area contributed by atoms with Crippen LogP contribution >= 0.6 is 0 Å². The molecule has 76 valence electrons. The summed E-state index contributed by atoms with van der Waals surface area (Å²) < 4.78 is 26.0. The van der Waals surface area contributed by atoms with Gasteiger partial charge >= 0.3 is 5.97 Å². The molecule has 0 atom stereocenters. The van der Waals surface area contributed by atoms with E-state index in [4.69, 9.17) is 5.14 Å². The molecule has 1 heterocycles. The normalized spacial score (nSPS) is 11.0. The molecule has 0 radical (unpaired) electrons. The van der Waals surface area contributed by atoms with Gasteiger partial charge in [-0.05, 0) is 0 Å².